The largest absolute Gasteiger partial charge is 0.481 e. The zero-order valence-electron chi connectivity index (χ0n) is 11.1. The van der Waals surface area contributed by atoms with E-state index in [1.165, 1.54) is 13.3 Å². The van der Waals surface area contributed by atoms with E-state index in [1.54, 1.807) is 12.1 Å². The average Bonchev–Trinajstić information content (AvgIpc) is 2.46. The molecule has 2 aromatic rings. The quantitative estimate of drug-likeness (QED) is 0.887. The monoisotopic (exact) mass is 294 g/mol. The lowest BCUT2D eigenvalue weighted by Gasteiger charge is -2.10. The lowest BCUT2D eigenvalue weighted by molar-refractivity contribution is 0.0696. The van der Waals surface area contributed by atoms with Crippen molar-refractivity contribution in [2.75, 3.05) is 12.4 Å². The molecule has 21 heavy (non-hydrogen) atoms. The molecule has 0 amide bonds. The van der Waals surface area contributed by atoms with Crippen LogP contribution in [-0.2, 0) is 6.54 Å². The van der Waals surface area contributed by atoms with Crippen molar-refractivity contribution in [3.05, 3.63) is 53.2 Å². The Morgan fingerprint density at radius 1 is 1.33 bits per heavy atom. The standard InChI is InChI=1S/C14H12F2N2O3/c1-21-12-4-8(2-3-17-12)7-18-13-10(15)5-9(14(19)20)6-11(13)16/h2-6,18H,7H2,1H3,(H,19,20). The number of anilines is 1. The van der Waals surface area contributed by atoms with Crippen LogP contribution in [0.15, 0.2) is 30.5 Å². The molecule has 0 spiro atoms. The summed E-state index contributed by atoms with van der Waals surface area (Å²) < 4.78 is 32.4. The van der Waals surface area contributed by atoms with Crippen molar-refractivity contribution in [1.82, 2.24) is 4.98 Å². The average molecular weight is 294 g/mol. The number of methoxy groups -OCH3 is 1. The first-order valence-corrected chi connectivity index (χ1v) is 5.96. The van der Waals surface area contributed by atoms with Crippen molar-refractivity contribution in [1.29, 1.82) is 0 Å². The Morgan fingerprint density at radius 3 is 2.57 bits per heavy atom. The Balaban J connectivity index is 2.18. The lowest BCUT2D eigenvalue weighted by atomic mass is 10.1. The van der Waals surface area contributed by atoms with Gasteiger partial charge in [-0.15, -0.1) is 0 Å². The van der Waals surface area contributed by atoms with Crippen molar-refractivity contribution < 1.29 is 23.4 Å². The van der Waals surface area contributed by atoms with Gasteiger partial charge in [-0.05, 0) is 23.8 Å². The van der Waals surface area contributed by atoms with Crippen molar-refractivity contribution in [2.24, 2.45) is 0 Å². The van der Waals surface area contributed by atoms with E-state index in [0.29, 0.717) is 11.4 Å². The smallest absolute Gasteiger partial charge is 0.335 e. The predicted molar refractivity (Wildman–Crippen MR) is 71.4 cm³/mol. The topological polar surface area (TPSA) is 71.5 Å². The minimum atomic E-state index is -1.39. The third-order valence-corrected chi connectivity index (χ3v) is 2.77. The second-order valence-electron chi connectivity index (χ2n) is 4.18. The second-order valence-corrected chi connectivity index (χ2v) is 4.18. The summed E-state index contributed by atoms with van der Waals surface area (Å²) in [5, 5.41) is 11.3. The SMILES string of the molecule is COc1cc(CNc2c(F)cc(C(=O)O)cc2F)ccn1. The number of benzene rings is 1. The van der Waals surface area contributed by atoms with Gasteiger partial charge in [-0.3, -0.25) is 0 Å². The fraction of sp³-hybridized carbons (Fsp3) is 0.143. The second kappa shape index (κ2) is 6.17. The molecule has 5 nitrogen and oxygen atoms in total. The number of nitrogens with one attached hydrogen (secondary N) is 1. The number of aromatic nitrogens is 1. The molecule has 0 aliphatic rings. The van der Waals surface area contributed by atoms with Gasteiger partial charge in [0, 0.05) is 18.8 Å². The van der Waals surface area contributed by atoms with Crippen LogP contribution in [0.1, 0.15) is 15.9 Å². The summed E-state index contributed by atoms with van der Waals surface area (Å²) in [5.74, 6) is -2.93. The lowest BCUT2D eigenvalue weighted by Crippen LogP contribution is -2.07. The summed E-state index contributed by atoms with van der Waals surface area (Å²) in [6, 6.07) is 4.81. The molecule has 0 radical (unpaired) electrons. The number of hydrogen-bond donors (Lipinski definition) is 2. The molecule has 0 bridgehead atoms. The van der Waals surface area contributed by atoms with Gasteiger partial charge in [-0.25, -0.2) is 18.6 Å². The van der Waals surface area contributed by atoms with Crippen molar-refractivity contribution in [2.45, 2.75) is 6.54 Å². The summed E-state index contributed by atoms with van der Waals surface area (Å²) >= 11 is 0. The van der Waals surface area contributed by atoms with Gasteiger partial charge in [-0.1, -0.05) is 0 Å². The maximum absolute atomic E-state index is 13.7. The van der Waals surface area contributed by atoms with Gasteiger partial charge in [0.15, 0.2) is 0 Å². The number of halogens is 2. The van der Waals surface area contributed by atoms with Gasteiger partial charge >= 0.3 is 5.97 Å². The van der Waals surface area contributed by atoms with Crippen molar-refractivity contribution in [3.63, 3.8) is 0 Å². The number of carboxylic acids is 1. The number of aromatic carboxylic acids is 1. The number of hydrogen-bond acceptors (Lipinski definition) is 4. The number of pyridine rings is 1. The Kier molecular flexibility index (Phi) is 4.32. The van der Waals surface area contributed by atoms with E-state index in [0.717, 1.165) is 12.1 Å². The Morgan fingerprint density at radius 2 is 2.00 bits per heavy atom. The molecule has 110 valence electrons. The van der Waals surface area contributed by atoms with Crippen LogP contribution in [0.5, 0.6) is 5.88 Å². The van der Waals surface area contributed by atoms with Crippen LogP contribution in [0.3, 0.4) is 0 Å². The van der Waals surface area contributed by atoms with E-state index in [4.69, 9.17) is 9.84 Å². The van der Waals surface area contributed by atoms with E-state index < -0.39 is 23.2 Å². The van der Waals surface area contributed by atoms with Crippen LogP contribution in [0, 0.1) is 11.6 Å². The molecule has 0 unspecified atom stereocenters. The van der Waals surface area contributed by atoms with Crippen LogP contribution in [-0.4, -0.2) is 23.2 Å². The van der Waals surface area contributed by atoms with Gasteiger partial charge in [0.1, 0.15) is 17.3 Å². The summed E-state index contributed by atoms with van der Waals surface area (Å²) in [6.07, 6.45) is 1.51. The zero-order chi connectivity index (χ0) is 15.4. The maximum atomic E-state index is 13.7. The van der Waals surface area contributed by atoms with E-state index in [1.807, 2.05) is 0 Å². The molecular weight excluding hydrogens is 282 g/mol. The molecule has 0 aliphatic heterocycles. The van der Waals surface area contributed by atoms with Crippen LogP contribution < -0.4 is 10.1 Å². The number of carboxylic acid groups (broad SMARTS) is 1. The summed E-state index contributed by atoms with van der Waals surface area (Å²) in [5.41, 5.74) is -0.111. The van der Waals surface area contributed by atoms with Crippen LogP contribution >= 0.6 is 0 Å². The molecular formula is C14H12F2N2O3. The van der Waals surface area contributed by atoms with Gasteiger partial charge in [0.25, 0.3) is 0 Å². The van der Waals surface area contributed by atoms with Crippen LogP contribution in [0.4, 0.5) is 14.5 Å². The Hall–Kier alpha value is -2.70. The summed E-state index contributed by atoms with van der Waals surface area (Å²) in [6.45, 7) is 0.138. The van der Waals surface area contributed by atoms with E-state index >= 15 is 0 Å². The first-order chi connectivity index (χ1) is 10.0. The zero-order valence-corrected chi connectivity index (χ0v) is 11.1. The van der Waals surface area contributed by atoms with E-state index in [9.17, 15) is 13.6 Å². The molecule has 0 saturated carbocycles. The first-order valence-electron chi connectivity index (χ1n) is 5.96. The molecule has 0 fully saturated rings. The fourth-order valence-corrected chi connectivity index (χ4v) is 1.73. The third-order valence-electron chi connectivity index (χ3n) is 2.77. The van der Waals surface area contributed by atoms with Gasteiger partial charge in [-0.2, -0.15) is 0 Å². The molecule has 0 saturated heterocycles. The highest BCUT2D eigenvalue weighted by atomic mass is 19.1. The minimum Gasteiger partial charge on any atom is -0.481 e. The van der Waals surface area contributed by atoms with Gasteiger partial charge < -0.3 is 15.2 Å². The highest BCUT2D eigenvalue weighted by Crippen LogP contribution is 2.22. The molecule has 0 atom stereocenters. The highest BCUT2D eigenvalue weighted by Gasteiger charge is 2.14. The van der Waals surface area contributed by atoms with Crippen LogP contribution in [0.2, 0.25) is 0 Å². The molecule has 1 aromatic heterocycles. The van der Waals surface area contributed by atoms with Crippen LogP contribution in [0.25, 0.3) is 0 Å². The minimum absolute atomic E-state index is 0.138. The first kappa shape index (κ1) is 14.7. The molecule has 2 N–H and O–H groups in total. The predicted octanol–water partition coefficient (Wildman–Crippen LogP) is 2.68. The number of ether oxygens (including phenoxy) is 1. The normalized spacial score (nSPS) is 10.2. The molecule has 0 aliphatic carbocycles. The number of carbonyl (C=O) groups is 1. The molecule has 7 heteroatoms. The third kappa shape index (κ3) is 3.44. The Labute approximate surface area is 119 Å². The van der Waals surface area contributed by atoms with E-state index in [-0.39, 0.29) is 12.2 Å². The number of nitrogens with zero attached hydrogens (tertiary/aromatic N) is 1. The summed E-state index contributed by atoms with van der Waals surface area (Å²) in [7, 11) is 1.46. The van der Waals surface area contributed by atoms with Gasteiger partial charge in [0.05, 0.1) is 12.7 Å². The summed E-state index contributed by atoms with van der Waals surface area (Å²) in [4.78, 5) is 14.6. The fourth-order valence-electron chi connectivity index (χ4n) is 1.73. The number of rotatable bonds is 5. The molecule has 1 heterocycles. The molecule has 2 rings (SSSR count). The highest BCUT2D eigenvalue weighted by molar-refractivity contribution is 5.88. The molecule has 1 aromatic carbocycles. The Bertz CT molecular complexity index is 654. The van der Waals surface area contributed by atoms with E-state index in [2.05, 4.69) is 10.3 Å². The maximum Gasteiger partial charge on any atom is 0.335 e. The van der Waals surface area contributed by atoms with Crippen molar-refractivity contribution >= 4 is 11.7 Å². The van der Waals surface area contributed by atoms with Crippen molar-refractivity contribution in [3.8, 4) is 5.88 Å². The van der Waals surface area contributed by atoms with Gasteiger partial charge in [0.2, 0.25) is 5.88 Å².